The van der Waals surface area contributed by atoms with E-state index in [0.717, 1.165) is 12.8 Å². The number of hydrogen-bond donors (Lipinski definition) is 0. The zero-order valence-electron chi connectivity index (χ0n) is 19.5. The molecular weight excluding hydrogens is 504 g/mol. The molecule has 0 atom stereocenters. The second kappa shape index (κ2) is 14.7. The maximum Gasteiger partial charge on any atom is 2.00 e. The third-order valence-corrected chi connectivity index (χ3v) is 7.17. The molecule has 1 radical (unpaired) electrons. The quantitative estimate of drug-likeness (QED) is 0.170. The topological polar surface area (TPSA) is 0 Å². The van der Waals surface area contributed by atoms with E-state index in [2.05, 4.69) is 115 Å². The van der Waals surface area contributed by atoms with E-state index in [9.17, 15) is 0 Å². The smallest absolute Gasteiger partial charge is 0.273 e. The summed E-state index contributed by atoms with van der Waals surface area (Å²) in [5.41, 5.74) is 8.46. The largest absolute Gasteiger partial charge is 2.00 e. The Morgan fingerprint density at radius 1 is 0.676 bits per heavy atom. The van der Waals surface area contributed by atoms with E-state index < -0.39 is 0 Å². The van der Waals surface area contributed by atoms with Crippen LogP contribution in [0.1, 0.15) is 28.7 Å². The van der Waals surface area contributed by atoms with Crippen LogP contribution in [0.2, 0.25) is 0 Å². The Labute approximate surface area is 226 Å². The molecule has 0 fully saturated rings. The molecule has 0 saturated carbocycles. The van der Waals surface area contributed by atoms with Crippen molar-refractivity contribution in [1.82, 2.24) is 0 Å². The summed E-state index contributed by atoms with van der Waals surface area (Å²) in [5.74, 6) is 0. The first kappa shape index (κ1) is 26.1. The number of allylic oxidation sites excluding steroid dienone is 4. The summed E-state index contributed by atoms with van der Waals surface area (Å²) in [5, 5.41) is 0. The van der Waals surface area contributed by atoms with E-state index in [4.69, 9.17) is 0 Å². The van der Waals surface area contributed by atoms with Crippen molar-refractivity contribution in [3.8, 4) is 11.1 Å². The van der Waals surface area contributed by atoms with E-state index in [1.807, 2.05) is 18.2 Å². The van der Waals surface area contributed by atoms with Crippen LogP contribution in [0.5, 0.6) is 0 Å². The molecule has 0 unspecified atom stereocenters. The molecule has 34 heavy (non-hydrogen) atoms. The number of fused-ring (bicyclic) bond motifs is 3. The first-order chi connectivity index (χ1) is 16.4. The van der Waals surface area contributed by atoms with Gasteiger partial charge < -0.3 is 0 Å². The number of benzene rings is 4. The number of rotatable bonds is 4. The summed E-state index contributed by atoms with van der Waals surface area (Å²) in [7, 11) is 0.501. The molecule has 0 amide bonds. The SMILES string of the molecule is [C-]1=CC=CC1.[Zr+2].[c-]1cccc2c1Cc1ccccc1-2.c1ccc(C[SiH]Cc2ccccc2)cc1. The van der Waals surface area contributed by atoms with Crippen LogP contribution in [0.25, 0.3) is 11.1 Å². The van der Waals surface area contributed by atoms with Gasteiger partial charge in [-0.25, -0.2) is 12.2 Å². The average molecular weight is 533 g/mol. The molecule has 0 bridgehead atoms. The molecule has 4 aromatic rings. The van der Waals surface area contributed by atoms with E-state index in [-0.39, 0.29) is 26.2 Å². The van der Waals surface area contributed by atoms with Gasteiger partial charge in [0.05, 0.1) is 0 Å². The molecule has 0 heterocycles. The summed E-state index contributed by atoms with van der Waals surface area (Å²) < 4.78 is 0. The molecule has 6 rings (SSSR count). The fourth-order valence-electron chi connectivity index (χ4n) is 3.97. The van der Waals surface area contributed by atoms with Crippen LogP contribution in [0.4, 0.5) is 0 Å². The second-order valence-corrected chi connectivity index (χ2v) is 9.46. The van der Waals surface area contributed by atoms with E-state index in [1.54, 1.807) is 0 Å². The fraction of sp³-hybridized carbons (Fsp3) is 0.125. The zero-order valence-corrected chi connectivity index (χ0v) is 23.1. The fourth-order valence-corrected chi connectivity index (χ4v) is 5.33. The van der Waals surface area contributed by atoms with Gasteiger partial charge in [-0.3, -0.25) is 6.08 Å². The summed E-state index contributed by atoms with van der Waals surface area (Å²) in [6, 6.07) is 42.2. The van der Waals surface area contributed by atoms with Crippen molar-refractivity contribution in [2.45, 2.75) is 24.9 Å². The minimum atomic E-state index is 0. The van der Waals surface area contributed by atoms with Gasteiger partial charge in [0.15, 0.2) is 0 Å². The summed E-state index contributed by atoms with van der Waals surface area (Å²) in [4.78, 5) is 0. The van der Waals surface area contributed by atoms with Gasteiger partial charge in [-0.05, 0) is 18.5 Å². The maximum atomic E-state index is 3.30. The molecule has 0 aromatic heterocycles. The number of hydrogen-bond acceptors (Lipinski definition) is 0. The minimum absolute atomic E-state index is 0. The monoisotopic (exact) mass is 531 g/mol. The average Bonchev–Trinajstić information content (AvgIpc) is 3.58. The van der Waals surface area contributed by atoms with Gasteiger partial charge in [0.25, 0.3) is 0 Å². The predicted octanol–water partition coefficient (Wildman–Crippen LogP) is 7.18. The van der Waals surface area contributed by atoms with Gasteiger partial charge in [0.2, 0.25) is 0 Å². The first-order valence-electron chi connectivity index (χ1n) is 11.6. The summed E-state index contributed by atoms with van der Waals surface area (Å²) >= 11 is 0. The van der Waals surface area contributed by atoms with E-state index in [0.29, 0.717) is 9.52 Å². The molecule has 165 valence electrons. The molecule has 0 N–H and O–H groups in total. The van der Waals surface area contributed by atoms with Crippen LogP contribution in [0, 0.1) is 12.1 Å². The first-order valence-corrected chi connectivity index (χ1v) is 13.2. The Hall–Kier alpha value is -2.54. The third kappa shape index (κ3) is 8.05. The second-order valence-electron chi connectivity index (χ2n) is 8.07. The maximum absolute atomic E-state index is 3.30. The van der Waals surface area contributed by atoms with Crippen molar-refractivity contribution >= 4 is 9.52 Å². The Morgan fingerprint density at radius 3 is 1.88 bits per heavy atom. The van der Waals surface area contributed by atoms with Crippen molar-refractivity contribution in [1.29, 1.82) is 0 Å². The Balaban J connectivity index is 0.000000156. The van der Waals surface area contributed by atoms with Gasteiger partial charge in [0, 0.05) is 9.52 Å². The standard InChI is InChI=1S/C14H15Si.C13H9.C5H5.Zr/c1-3-7-13(8-4-1)11-15-12-14-9-5-2-6-10-14;1-3-7-12-10(5-1)9-11-6-2-4-8-13(11)12;1-2-4-5-3-1;/h1-10,15H,11-12H2;1-5,7-8H,9H2;1-3H,4H2;/q;2*-1;+2. The normalized spacial score (nSPS) is 11.8. The molecular formula is C32H29SiZr. The zero-order chi connectivity index (χ0) is 22.6. The molecule has 0 spiro atoms. The van der Waals surface area contributed by atoms with Gasteiger partial charge in [-0.15, -0.1) is 12.0 Å². The predicted molar refractivity (Wildman–Crippen MR) is 143 cm³/mol. The van der Waals surface area contributed by atoms with Crippen LogP contribution in [-0.4, -0.2) is 9.52 Å². The third-order valence-electron chi connectivity index (χ3n) is 5.65. The minimum Gasteiger partial charge on any atom is -0.273 e. The molecule has 2 aliphatic rings. The molecule has 0 saturated heterocycles. The van der Waals surface area contributed by atoms with Crippen molar-refractivity contribution in [3.63, 3.8) is 0 Å². The van der Waals surface area contributed by atoms with E-state index >= 15 is 0 Å². The van der Waals surface area contributed by atoms with Crippen molar-refractivity contribution < 1.29 is 26.2 Å². The molecule has 0 nitrogen and oxygen atoms in total. The van der Waals surface area contributed by atoms with E-state index in [1.165, 1.54) is 45.5 Å². The Bertz CT molecular complexity index is 1090. The van der Waals surface area contributed by atoms with Crippen molar-refractivity contribution in [2.75, 3.05) is 0 Å². The van der Waals surface area contributed by atoms with Crippen LogP contribution in [-0.2, 0) is 44.7 Å². The Morgan fingerprint density at radius 2 is 1.29 bits per heavy atom. The van der Waals surface area contributed by atoms with Crippen LogP contribution < -0.4 is 0 Å². The van der Waals surface area contributed by atoms with Gasteiger partial charge in [-0.2, -0.15) is 35.9 Å². The van der Waals surface area contributed by atoms with Crippen molar-refractivity contribution in [3.05, 3.63) is 156 Å². The summed E-state index contributed by atoms with van der Waals surface area (Å²) in [6.07, 6.45) is 11.0. The molecule has 2 aliphatic carbocycles. The van der Waals surface area contributed by atoms with Gasteiger partial charge >= 0.3 is 26.2 Å². The van der Waals surface area contributed by atoms with Crippen molar-refractivity contribution in [2.24, 2.45) is 0 Å². The van der Waals surface area contributed by atoms with Gasteiger partial charge in [-0.1, -0.05) is 107 Å². The molecule has 0 aliphatic heterocycles. The van der Waals surface area contributed by atoms with Crippen LogP contribution in [0.15, 0.2) is 121 Å². The summed E-state index contributed by atoms with van der Waals surface area (Å²) in [6.45, 7) is 0. The molecule has 2 heteroatoms. The molecule has 4 aromatic carbocycles. The van der Waals surface area contributed by atoms with Crippen LogP contribution in [0.3, 0.4) is 0 Å². The Kier molecular flexibility index (Phi) is 11.2. The van der Waals surface area contributed by atoms with Crippen LogP contribution >= 0.6 is 0 Å². The van der Waals surface area contributed by atoms with Gasteiger partial charge in [0.1, 0.15) is 0 Å².